The first kappa shape index (κ1) is 16.8. The average Bonchev–Trinajstić information content (AvgIpc) is 2.48. The lowest BCUT2D eigenvalue weighted by molar-refractivity contribution is 0.0784. The van der Waals surface area contributed by atoms with E-state index in [0.29, 0.717) is 36.8 Å². The van der Waals surface area contributed by atoms with Gasteiger partial charge in [-0.3, -0.25) is 4.79 Å². The zero-order valence-electron chi connectivity index (χ0n) is 13.0. The highest BCUT2D eigenvalue weighted by Crippen LogP contribution is 2.29. The molecule has 0 bridgehead atoms. The molecule has 0 heterocycles. The number of ether oxygens (including phenoxy) is 2. The fraction of sp³-hybridized carbons (Fsp3) is 0.500. The Kier molecular flexibility index (Phi) is 6.54. The maximum absolute atomic E-state index is 12.3. The van der Waals surface area contributed by atoms with Crippen LogP contribution in [0.5, 0.6) is 11.5 Å². The predicted molar refractivity (Wildman–Crippen MR) is 80.5 cm³/mol. The van der Waals surface area contributed by atoms with Gasteiger partial charge in [-0.15, -0.1) is 0 Å². The summed E-state index contributed by atoms with van der Waals surface area (Å²) in [6.07, 6.45) is 0. The first-order valence-electron chi connectivity index (χ1n) is 7.08. The van der Waals surface area contributed by atoms with Crippen LogP contribution in [0.1, 0.15) is 31.1 Å². The Balaban J connectivity index is 2.94. The van der Waals surface area contributed by atoms with Gasteiger partial charge < -0.3 is 14.4 Å². The normalized spacial score (nSPS) is 11.4. The zero-order chi connectivity index (χ0) is 15.8. The first-order valence-corrected chi connectivity index (χ1v) is 7.08. The number of amides is 1. The van der Waals surface area contributed by atoms with Crippen LogP contribution in [-0.2, 0) is 0 Å². The number of carbonyl (C=O) groups excluding carboxylic acids is 1. The lowest BCUT2D eigenvalue weighted by Crippen LogP contribution is -2.30. The Labute approximate surface area is 126 Å². The van der Waals surface area contributed by atoms with Gasteiger partial charge >= 0.3 is 0 Å². The number of hydrogen-bond donors (Lipinski definition) is 0. The van der Waals surface area contributed by atoms with E-state index in [1.165, 1.54) is 0 Å². The smallest absolute Gasteiger partial charge is 0.253 e. The van der Waals surface area contributed by atoms with Crippen LogP contribution in [0.25, 0.3) is 0 Å². The van der Waals surface area contributed by atoms with E-state index in [9.17, 15) is 4.79 Å². The van der Waals surface area contributed by atoms with Gasteiger partial charge in [-0.1, -0.05) is 0 Å². The SMILES string of the molecule is CCOc1ccc(C(=O)N(C)CC(C)C#N)cc1OCC. The maximum Gasteiger partial charge on any atom is 0.253 e. The van der Waals surface area contributed by atoms with E-state index in [4.69, 9.17) is 14.7 Å². The Morgan fingerprint density at radius 2 is 1.90 bits per heavy atom. The summed E-state index contributed by atoms with van der Waals surface area (Å²) in [5, 5.41) is 8.82. The average molecular weight is 290 g/mol. The molecule has 0 N–H and O–H groups in total. The molecule has 1 aromatic carbocycles. The molecule has 0 fully saturated rings. The molecule has 0 aliphatic rings. The molecule has 0 radical (unpaired) electrons. The van der Waals surface area contributed by atoms with Gasteiger partial charge in [0.1, 0.15) is 0 Å². The fourth-order valence-corrected chi connectivity index (χ4v) is 1.94. The largest absolute Gasteiger partial charge is 0.490 e. The molecule has 0 saturated heterocycles. The third-order valence-electron chi connectivity index (χ3n) is 2.91. The molecule has 1 atom stereocenters. The van der Waals surface area contributed by atoms with Crippen molar-refractivity contribution in [3.05, 3.63) is 23.8 Å². The molecule has 1 unspecified atom stereocenters. The second-order valence-corrected chi connectivity index (χ2v) is 4.74. The van der Waals surface area contributed by atoms with Gasteiger partial charge in [-0.2, -0.15) is 5.26 Å². The summed E-state index contributed by atoms with van der Waals surface area (Å²) in [4.78, 5) is 13.9. The molecule has 21 heavy (non-hydrogen) atoms. The number of hydrogen-bond acceptors (Lipinski definition) is 4. The van der Waals surface area contributed by atoms with Gasteiger partial charge in [0.25, 0.3) is 5.91 Å². The van der Waals surface area contributed by atoms with Crippen molar-refractivity contribution in [3.63, 3.8) is 0 Å². The number of nitriles is 1. The van der Waals surface area contributed by atoms with Gasteiger partial charge in [-0.05, 0) is 39.0 Å². The minimum absolute atomic E-state index is 0.138. The summed E-state index contributed by atoms with van der Waals surface area (Å²) in [7, 11) is 1.69. The number of benzene rings is 1. The molecule has 1 amide bonds. The summed E-state index contributed by atoms with van der Waals surface area (Å²) in [5.74, 6) is 0.852. The Morgan fingerprint density at radius 1 is 1.29 bits per heavy atom. The summed E-state index contributed by atoms with van der Waals surface area (Å²) >= 11 is 0. The molecule has 0 spiro atoms. The van der Waals surface area contributed by atoms with Crippen LogP contribution in [0.2, 0.25) is 0 Å². The van der Waals surface area contributed by atoms with E-state index in [2.05, 4.69) is 6.07 Å². The van der Waals surface area contributed by atoms with Gasteiger partial charge in [0, 0.05) is 19.2 Å². The van der Waals surface area contributed by atoms with Crippen LogP contribution in [0.3, 0.4) is 0 Å². The quantitative estimate of drug-likeness (QED) is 0.774. The summed E-state index contributed by atoms with van der Waals surface area (Å²) in [6.45, 7) is 6.99. The monoisotopic (exact) mass is 290 g/mol. The molecule has 0 saturated carbocycles. The number of rotatable bonds is 7. The third kappa shape index (κ3) is 4.67. The second kappa shape index (κ2) is 8.15. The van der Waals surface area contributed by atoms with E-state index in [-0.39, 0.29) is 11.8 Å². The van der Waals surface area contributed by atoms with Crippen molar-refractivity contribution in [2.45, 2.75) is 20.8 Å². The van der Waals surface area contributed by atoms with Crippen LogP contribution < -0.4 is 9.47 Å². The molecule has 5 nitrogen and oxygen atoms in total. The van der Waals surface area contributed by atoms with Crippen molar-refractivity contribution < 1.29 is 14.3 Å². The molecule has 1 aromatic rings. The minimum atomic E-state index is -0.201. The van der Waals surface area contributed by atoms with Crippen LogP contribution in [-0.4, -0.2) is 37.6 Å². The van der Waals surface area contributed by atoms with Crippen LogP contribution in [0, 0.1) is 17.2 Å². The predicted octanol–water partition coefficient (Wildman–Crippen LogP) is 2.72. The third-order valence-corrected chi connectivity index (χ3v) is 2.91. The second-order valence-electron chi connectivity index (χ2n) is 4.74. The Bertz CT molecular complexity index is 523. The minimum Gasteiger partial charge on any atom is -0.490 e. The molecule has 0 aromatic heterocycles. The van der Waals surface area contributed by atoms with Crippen molar-refractivity contribution >= 4 is 5.91 Å². The summed E-state index contributed by atoms with van der Waals surface area (Å²) in [5.41, 5.74) is 0.523. The van der Waals surface area contributed by atoms with E-state index < -0.39 is 0 Å². The van der Waals surface area contributed by atoms with Gasteiger partial charge in [0.2, 0.25) is 0 Å². The van der Waals surface area contributed by atoms with Crippen LogP contribution in [0.4, 0.5) is 0 Å². The van der Waals surface area contributed by atoms with Gasteiger partial charge in [0.15, 0.2) is 11.5 Å². The first-order chi connectivity index (χ1) is 10.0. The lowest BCUT2D eigenvalue weighted by Gasteiger charge is -2.19. The molecule has 0 aliphatic heterocycles. The number of nitrogens with zero attached hydrogens (tertiary/aromatic N) is 2. The molecular formula is C16H22N2O3. The topological polar surface area (TPSA) is 62.6 Å². The number of carbonyl (C=O) groups is 1. The highest BCUT2D eigenvalue weighted by atomic mass is 16.5. The summed E-state index contributed by atoms with van der Waals surface area (Å²) < 4.78 is 11.0. The molecule has 1 rings (SSSR count). The van der Waals surface area contributed by atoms with Gasteiger partial charge in [-0.25, -0.2) is 0 Å². The van der Waals surface area contributed by atoms with Crippen molar-refractivity contribution in [3.8, 4) is 17.6 Å². The maximum atomic E-state index is 12.3. The highest BCUT2D eigenvalue weighted by molar-refractivity contribution is 5.94. The van der Waals surface area contributed by atoms with Crippen LogP contribution in [0.15, 0.2) is 18.2 Å². The van der Waals surface area contributed by atoms with Crippen molar-refractivity contribution in [1.82, 2.24) is 4.90 Å². The van der Waals surface area contributed by atoms with E-state index in [1.54, 1.807) is 37.1 Å². The molecule has 0 aliphatic carbocycles. The van der Waals surface area contributed by atoms with E-state index >= 15 is 0 Å². The fourth-order valence-electron chi connectivity index (χ4n) is 1.94. The van der Waals surface area contributed by atoms with Crippen LogP contribution >= 0.6 is 0 Å². The van der Waals surface area contributed by atoms with Crippen molar-refractivity contribution in [2.24, 2.45) is 5.92 Å². The van der Waals surface area contributed by atoms with E-state index in [1.807, 2.05) is 13.8 Å². The van der Waals surface area contributed by atoms with Crippen molar-refractivity contribution in [2.75, 3.05) is 26.8 Å². The van der Waals surface area contributed by atoms with Gasteiger partial charge in [0.05, 0.1) is 25.2 Å². The van der Waals surface area contributed by atoms with E-state index in [0.717, 1.165) is 0 Å². The highest BCUT2D eigenvalue weighted by Gasteiger charge is 2.16. The molecule has 114 valence electrons. The zero-order valence-corrected chi connectivity index (χ0v) is 13.0. The Hall–Kier alpha value is -2.22. The summed E-state index contributed by atoms with van der Waals surface area (Å²) in [6, 6.07) is 7.26. The molecule has 5 heteroatoms. The molecular weight excluding hydrogens is 268 g/mol. The standard InChI is InChI=1S/C16H22N2O3/c1-5-20-14-8-7-13(9-15(14)21-6-2)16(19)18(4)11-12(3)10-17/h7-9,12H,5-6,11H2,1-4H3. The lowest BCUT2D eigenvalue weighted by atomic mass is 10.1. The van der Waals surface area contributed by atoms with Crippen molar-refractivity contribution in [1.29, 1.82) is 5.26 Å². The Morgan fingerprint density at radius 3 is 2.48 bits per heavy atom.